The molecule has 1 N–H and O–H groups in total. The number of carbonyl (C=O) groups is 1. The summed E-state index contributed by atoms with van der Waals surface area (Å²) in [6.07, 6.45) is 0. The second-order valence-electron chi connectivity index (χ2n) is 4.57. The van der Waals surface area contributed by atoms with Gasteiger partial charge in [0.25, 0.3) is 5.91 Å². The summed E-state index contributed by atoms with van der Waals surface area (Å²) in [6, 6.07) is 13.0. The number of anilines is 1. The zero-order valence-corrected chi connectivity index (χ0v) is 14.7. The van der Waals surface area contributed by atoms with Crippen molar-refractivity contribution in [2.24, 2.45) is 0 Å². The number of hydrogen-bond donors (Lipinski definition) is 1. The number of nitrogens with one attached hydrogen (secondary N) is 1. The lowest BCUT2D eigenvalue weighted by molar-refractivity contribution is 0.103. The molecule has 0 bridgehead atoms. The van der Waals surface area contributed by atoms with Crippen LogP contribution in [0.15, 0.2) is 46.9 Å². The van der Waals surface area contributed by atoms with E-state index >= 15 is 0 Å². The first-order valence-corrected chi connectivity index (χ1v) is 8.40. The van der Waals surface area contributed by atoms with Crippen LogP contribution in [0.5, 0.6) is 5.75 Å². The monoisotopic (exact) mass is 395 g/mol. The molecule has 0 unspecified atom stereocenters. The van der Waals surface area contributed by atoms with Crippen LogP contribution in [0, 0.1) is 0 Å². The lowest BCUT2D eigenvalue weighted by atomic mass is 10.2. The van der Waals surface area contributed by atoms with Crippen LogP contribution < -0.4 is 10.1 Å². The SMILES string of the molecule is COc1ccc2sc(C(=O)Nc3cccc(Br)c3)c(Cl)c2c1. The van der Waals surface area contributed by atoms with Gasteiger partial charge in [0, 0.05) is 20.2 Å². The van der Waals surface area contributed by atoms with Crippen LogP contribution in [-0.4, -0.2) is 13.0 Å². The van der Waals surface area contributed by atoms with Gasteiger partial charge in [-0.25, -0.2) is 0 Å². The quantitative estimate of drug-likeness (QED) is 0.628. The number of benzene rings is 2. The number of fused-ring (bicyclic) bond motifs is 1. The number of methoxy groups -OCH3 is 1. The number of ether oxygens (including phenoxy) is 1. The fraction of sp³-hybridized carbons (Fsp3) is 0.0625. The van der Waals surface area contributed by atoms with Gasteiger partial charge in [-0.15, -0.1) is 11.3 Å². The second-order valence-corrected chi connectivity index (χ2v) is 6.92. The van der Waals surface area contributed by atoms with Crippen molar-refractivity contribution in [2.45, 2.75) is 0 Å². The van der Waals surface area contributed by atoms with Gasteiger partial charge < -0.3 is 10.1 Å². The third-order valence-electron chi connectivity index (χ3n) is 3.12. The molecule has 0 saturated heterocycles. The van der Waals surface area contributed by atoms with Gasteiger partial charge in [0.1, 0.15) is 10.6 Å². The number of thiophene rings is 1. The lowest BCUT2D eigenvalue weighted by Gasteiger charge is -2.04. The molecule has 0 aliphatic rings. The summed E-state index contributed by atoms with van der Waals surface area (Å²) in [7, 11) is 1.60. The van der Waals surface area contributed by atoms with E-state index in [-0.39, 0.29) is 5.91 Å². The molecular weight excluding hydrogens is 386 g/mol. The predicted molar refractivity (Wildman–Crippen MR) is 95.5 cm³/mol. The van der Waals surface area contributed by atoms with E-state index in [0.717, 1.165) is 14.6 Å². The number of halogens is 2. The molecule has 22 heavy (non-hydrogen) atoms. The molecule has 0 saturated carbocycles. The maximum atomic E-state index is 12.4. The highest BCUT2D eigenvalue weighted by Gasteiger charge is 2.17. The van der Waals surface area contributed by atoms with Crippen LogP contribution in [0.3, 0.4) is 0 Å². The Bertz CT molecular complexity index is 862. The Morgan fingerprint density at radius 3 is 2.82 bits per heavy atom. The minimum atomic E-state index is -0.219. The zero-order chi connectivity index (χ0) is 15.7. The Morgan fingerprint density at radius 2 is 2.09 bits per heavy atom. The fourth-order valence-corrected chi connectivity index (χ4v) is 3.86. The predicted octanol–water partition coefficient (Wildman–Crippen LogP) is 5.58. The van der Waals surface area contributed by atoms with Crippen LogP contribution in [0.2, 0.25) is 5.02 Å². The van der Waals surface area contributed by atoms with Crippen molar-refractivity contribution >= 4 is 60.5 Å². The maximum Gasteiger partial charge on any atom is 0.267 e. The van der Waals surface area contributed by atoms with Gasteiger partial charge >= 0.3 is 0 Å². The van der Waals surface area contributed by atoms with Gasteiger partial charge in [-0.3, -0.25) is 4.79 Å². The summed E-state index contributed by atoms with van der Waals surface area (Å²) in [5.41, 5.74) is 0.713. The lowest BCUT2D eigenvalue weighted by Crippen LogP contribution is -2.10. The fourth-order valence-electron chi connectivity index (χ4n) is 2.07. The zero-order valence-electron chi connectivity index (χ0n) is 11.5. The summed E-state index contributed by atoms with van der Waals surface area (Å²) >= 11 is 11.1. The van der Waals surface area contributed by atoms with Gasteiger partial charge in [0.15, 0.2) is 0 Å². The molecule has 3 rings (SSSR count). The number of hydrogen-bond acceptors (Lipinski definition) is 3. The molecule has 6 heteroatoms. The van der Waals surface area contributed by atoms with Gasteiger partial charge in [-0.2, -0.15) is 0 Å². The Kier molecular flexibility index (Phi) is 4.38. The summed E-state index contributed by atoms with van der Waals surface area (Å²) in [5.74, 6) is 0.495. The standard InChI is InChI=1S/C16H11BrClNO2S/c1-21-11-5-6-13-12(8-11)14(18)15(22-13)16(20)19-10-4-2-3-9(17)7-10/h2-8H,1H3,(H,19,20). The van der Waals surface area contributed by atoms with Gasteiger partial charge in [-0.05, 0) is 36.4 Å². The molecule has 0 fully saturated rings. The molecule has 1 amide bonds. The van der Waals surface area contributed by atoms with E-state index in [4.69, 9.17) is 16.3 Å². The van der Waals surface area contributed by atoms with Crippen molar-refractivity contribution in [3.8, 4) is 5.75 Å². The molecular formula is C16H11BrClNO2S. The van der Waals surface area contributed by atoms with Crippen LogP contribution in [0.25, 0.3) is 10.1 Å². The molecule has 1 heterocycles. The van der Waals surface area contributed by atoms with Gasteiger partial charge in [-0.1, -0.05) is 33.6 Å². The Labute approximate surface area is 145 Å². The van der Waals surface area contributed by atoms with Crippen molar-refractivity contribution in [1.82, 2.24) is 0 Å². The molecule has 0 aliphatic heterocycles. The van der Waals surface area contributed by atoms with Crippen molar-refractivity contribution in [3.63, 3.8) is 0 Å². The van der Waals surface area contributed by atoms with Crippen LogP contribution >= 0.6 is 38.9 Å². The Hall–Kier alpha value is -1.56. The third kappa shape index (κ3) is 2.97. The van der Waals surface area contributed by atoms with Crippen LogP contribution in [0.1, 0.15) is 9.67 Å². The van der Waals surface area contributed by atoms with E-state index in [2.05, 4.69) is 21.2 Å². The van der Waals surface area contributed by atoms with Crippen LogP contribution in [0.4, 0.5) is 5.69 Å². The topological polar surface area (TPSA) is 38.3 Å². The molecule has 0 spiro atoms. The van der Waals surface area contributed by atoms with Crippen molar-refractivity contribution in [2.75, 3.05) is 12.4 Å². The molecule has 3 aromatic rings. The molecule has 0 radical (unpaired) electrons. The minimum Gasteiger partial charge on any atom is -0.497 e. The molecule has 0 aliphatic carbocycles. The highest BCUT2D eigenvalue weighted by atomic mass is 79.9. The highest BCUT2D eigenvalue weighted by molar-refractivity contribution is 9.10. The van der Waals surface area contributed by atoms with Crippen LogP contribution in [-0.2, 0) is 0 Å². The first-order chi connectivity index (χ1) is 10.6. The van der Waals surface area contributed by atoms with Crippen molar-refractivity contribution in [3.05, 3.63) is 56.8 Å². The summed E-state index contributed by atoms with van der Waals surface area (Å²) in [4.78, 5) is 12.9. The highest BCUT2D eigenvalue weighted by Crippen LogP contribution is 2.37. The summed E-state index contributed by atoms with van der Waals surface area (Å²) < 4.78 is 7.05. The number of rotatable bonds is 3. The van der Waals surface area contributed by atoms with Crippen molar-refractivity contribution < 1.29 is 9.53 Å². The van der Waals surface area contributed by atoms with Crippen molar-refractivity contribution in [1.29, 1.82) is 0 Å². The second kappa shape index (κ2) is 6.28. The van der Waals surface area contributed by atoms with E-state index < -0.39 is 0 Å². The number of carbonyl (C=O) groups excluding carboxylic acids is 1. The van der Waals surface area contributed by atoms with E-state index in [1.54, 1.807) is 7.11 Å². The average Bonchev–Trinajstić information content (AvgIpc) is 2.84. The van der Waals surface area contributed by atoms with Gasteiger partial charge in [0.05, 0.1) is 12.1 Å². The molecule has 2 aromatic carbocycles. The maximum absolute atomic E-state index is 12.4. The summed E-state index contributed by atoms with van der Waals surface area (Å²) in [5, 5.41) is 4.13. The normalized spacial score (nSPS) is 10.7. The first kappa shape index (κ1) is 15.3. The molecule has 3 nitrogen and oxygen atoms in total. The molecule has 112 valence electrons. The van der Waals surface area contributed by atoms with Gasteiger partial charge in [0.2, 0.25) is 0 Å². The smallest absolute Gasteiger partial charge is 0.267 e. The van der Waals surface area contributed by atoms with E-state index in [1.807, 2.05) is 42.5 Å². The van der Waals surface area contributed by atoms with E-state index in [9.17, 15) is 4.79 Å². The number of amides is 1. The Balaban J connectivity index is 1.95. The molecule has 1 aromatic heterocycles. The average molecular weight is 397 g/mol. The Morgan fingerprint density at radius 1 is 1.27 bits per heavy atom. The van der Waals surface area contributed by atoms with E-state index in [1.165, 1.54) is 11.3 Å². The summed E-state index contributed by atoms with van der Waals surface area (Å²) in [6.45, 7) is 0. The minimum absolute atomic E-state index is 0.219. The first-order valence-electron chi connectivity index (χ1n) is 6.41. The molecule has 0 atom stereocenters. The largest absolute Gasteiger partial charge is 0.497 e. The third-order valence-corrected chi connectivity index (χ3v) is 5.29. The van der Waals surface area contributed by atoms with E-state index in [0.29, 0.717) is 21.3 Å².